The molecule has 0 radical (unpaired) electrons. The van der Waals surface area contributed by atoms with E-state index in [-0.39, 0.29) is 6.04 Å². The van der Waals surface area contributed by atoms with E-state index >= 15 is 0 Å². The molecule has 1 saturated heterocycles. The molecule has 0 aliphatic carbocycles. The number of ether oxygens (including phenoxy) is 1. The van der Waals surface area contributed by atoms with Crippen molar-refractivity contribution in [3.63, 3.8) is 0 Å². The first-order valence-corrected chi connectivity index (χ1v) is 10.3. The van der Waals surface area contributed by atoms with E-state index in [4.69, 9.17) is 4.74 Å². The van der Waals surface area contributed by atoms with Crippen LogP contribution in [0.25, 0.3) is 0 Å². The number of nitrogens with zero attached hydrogens (tertiary/aromatic N) is 3. The third-order valence-electron chi connectivity index (χ3n) is 5.03. The second kappa shape index (κ2) is 9.71. The summed E-state index contributed by atoms with van der Waals surface area (Å²) >= 11 is 1.67. The number of aromatic nitrogens is 1. The highest BCUT2D eigenvalue weighted by atomic mass is 32.1. The van der Waals surface area contributed by atoms with Crippen molar-refractivity contribution in [3.05, 3.63) is 45.9 Å². The van der Waals surface area contributed by atoms with E-state index in [1.165, 1.54) is 23.3 Å². The molecule has 1 unspecified atom stereocenters. The molecule has 146 valence electrons. The zero-order valence-electron chi connectivity index (χ0n) is 16.4. The van der Waals surface area contributed by atoms with Crippen molar-refractivity contribution in [2.75, 3.05) is 33.8 Å². The molecule has 2 aromatic rings. The molecule has 1 aliphatic heterocycles. The van der Waals surface area contributed by atoms with Crippen molar-refractivity contribution in [1.82, 2.24) is 20.5 Å². The molecule has 0 saturated carbocycles. The summed E-state index contributed by atoms with van der Waals surface area (Å²) in [5.74, 6) is 1.75. The summed E-state index contributed by atoms with van der Waals surface area (Å²) in [4.78, 5) is 12.5. The second-order valence-corrected chi connectivity index (χ2v) is 7.61. The zero-order chi connectivity index (χ0) is 19.1. The predicted molar refractivity (Wildman–Crippen MR) is 112 cm³/mol. The molecule has 0 spiro atoms. The van der Waals surface area contributed by atoms with Gasteiger partial charge >= 0.3 is 0 Å². The lowest BCUT2D eigenvalue weighted by molar-refractivity contribution is 0.239. The zero-order valence-corrected chi connectivity index (χ0v) is 17.2. The number of methoxy groups -OCH3 is 1. The molecule has 1 aromatic heterocycles. The van der Waals surface area contributed by atoms with Gasteiger partial charge in [-0.15, -0.1) is 11.3 Å². The first kappa shape index (κ1) is 19.6. The van der Waals surface area contributed by atoms with Gasteiger partial charge < -0.3 is 15.4 Å². The van der Waals surface area contributed by atoms with Crippen LogP contribution in [0.2, 0.25) is 0 Å². The van der Waals surface area contributed by atoms with E-state index in [1.54, 1.807) is 18.4 Å². The number of thiazole rings is 1. The van der Waals surface area contributed by atoms with Gasteiger partial charge in [-0.1, -0.05) is 18.2 Å². The summed E-state index contributed by atoms with van der Waals surface area (Å²) in [5, 5.41) is 6.90. The molecule has 1 aromatic carbocycles. The number of hydrogen-bond donors (Lipinski definition) is 2. The first-order valence-electron chi connectivity index (χ1n) is 9.43. The molecule has 7 heteroatoms. The maximum Gasteiger partial charge on any atom is 0.191 e. The number of aliphatic imine (C=N–C) groups is 1. The number of nitrogens with one attached hydrogen (secondary N) is 2. The van der Waals surface area contributed by atoms with E-state index in [9.17, 15) is 0 Å². The van der Waals surface area contributed by atoms with Gasteiger partial charge in [0, 0.05) is 24.0 Å². The third-order valence-corrected chi connectivity index (χ3v) is 5.96. The van der Waals surface area contributed by atoms with E-state index in [2.05, 4.69) is 37.6 Å². The van der Waals surface area contributed by atoms with Crippen LogP contribution in [0.3, 0.4) is 0 Å². The van der Waals surface area contributed by atoms with Crippen LogP contribution in [-0.4, -0.2) is 49.6 Å². The normalized spacial score (nSPS) is 16.3. The Morgan fingerprint density at radius 1 is 1.30 bits per heavy atom. The Bertz CT molecular complexity index is 754. The lowest BCUT2D eigenvalue weighted by atomic mass is 10.0. The van der Waals surface area contributed by atoms with Crippen LogP contribution in [0.5, 0.6) is 5.75 Å². The fourth-order valence-corrected chi connectivity index (χ4v) is 4.22. The van der Waals surface area contributed by atoms with Gasteiger partial charge in [0.15, 0.2) is 5.96 Å². The summed E-state index contributed by atoms with van der Waals surface area (Å²) in [6, 6.07) is 8.57. The average Bonchev–Trinajstić information content (AvgIpc) is 3.37. The van der Waals surface area contributed by atoms with E-state index < -0.39 is 0 Å². The lowest BCUT2D eigenvalue weighted by Crippen LogP contribution is -2.42. The summed E-state index contributed by atoms with van der Waals surface area (Å²) in [6.45, 7) is 5.79. The maximum absolute atomic E-state index is 5.62. The molecule has 1 atom stereocenters. The van der Waals surface area contributed by atoms with Gasteiger partial charge in [0.1, 0.15) is 5.75 Å². The number of likely N-dealkylation sites (tertiary alicyclic amines) is 1. The molecule has 6 nitrogen and oxygen atoms in total. The quantitative estimate of drug-likeness (QED) is 0.565. The number of hydrogen-bond acceptors (Lipinski definition) is 5. The molecular formula is C20H29N5OS. The molecule has 2 heterocycles. The number of para-hydroxylation sites is 1. The molecule has 1 aliphatic rings. The van der Waals surface area contributed by atoms with E-state index in [0.29, 0.717) is 0 Å². The van der Waals surface area contributed by atoms with Gasteiger partial charge in [-0.3, -0.25) is 9.89 Å². The Morgan fingerprint density at radius 2 is 2.07 bits per heavy atom. The Kier molecular flexibility index (Phi) is 7.06. The minimum Gasteiger partial charge on any atom is -0.496 e. The van der Waals surface area contributed by atoms with Crippen molar-refractivity contribution in [1.29, 1.82) is 0 Å². The average molecular weight is 388 g/mol. The second-order valence-electron chi connectivity index (χ2n) is 6.67. The lowest BCUT2D eigenvalue weighted by Gasteiger charge is -2.30. The molecule has 2 N–H and O–H groups in total. The number of aryl methyl sites for hydroxylation is 1. The molecule has 1 fully saturated rings. The van der Waals surface area contributed by atoms with Crippen LogP contribution in [0.1, 0.15) is 35.0 Å². The topological polar surface area (TPSA) is 61.8 Å². The summed E-state index contributed by atoms with van der Waals surface area (Å²) in [6.07, 6.45) is 2.51. The standard InChI is InChI=1S/C20H29N5OS/c1-15-19(27-14-24-15)13-23-20(21-2)22-12-17(25-10-6-7-11-25)16-8-4-5-9-18(16)26-3/h4-5,8-9,14,17H,6-7,10-13H2,1-3H3,(H2,21,22,23). The van der Waals surface area contributed by atoms with Crippen molar-refractivity contribution in [3.8, 4) is 5.75 Å². The van der Waals surface area contributed by atoms with Crippen LogP contribution in [0.15, 0.2) is 34.8 Å². The van der Waals surface area contributed by atoms with Crippen molar-refractivity contribution in [2.45, 2.75) is 32.4 Å². The summed E-state index contributed by atoms with van der Waals surface area (Å²) < 4.78 is 5.62. The highest BCUT2D eigenvalue weighted by Crippen LogP contribution is 2.31. The smallest absolute Gasteiger partial charge is 0.191 e. The predicted octanol–water partition coefficient (Wildman–Crippen LogP) is 2.96. The van der Waals surface area contributed by atoms with E-state index in [0.717, 1.165) is 43.6 Å². The van der Waals surface area contributed by atoms with Gasteiger partial charge in [0.25, 0.3) is 0 Å². The van der Waals surface area contributed by atoms with Gasteiger partial charge in [-0.25, -0.2) is 4.98 Å². The fourth-order valence-electron chi connectivity index (χ4n) is 3.50. The third kappa shape index (κ3) is 4.99. The number of rotatable bonds is 7. The largest absolute Gasteiger partial charge is 0.496 e. The van der Waals surface area contributed by atoms with Crippen LogP contribution in [0, 0.1) is 6.92 Å². The summed E-state index contributed by atoms with van der Waals surface area (Å²) in [7, 11) is 3.55. The first-order chi connectivity index (χ1) is 13.2. The van der Waals surface area contributed by atoms with E-state index in [1.807, 2.05) is 31.6 Å². The van der Waals surface area contributed by atoms with Crippen LogP contribution >= 0.6 is 11.3 Å². The van der Waals surface area contributed by atoms with Crippen molar-refractivity contribution >= 4 is 17.3 Å². The highest BCUT2D eigenvalue weighted by Gasteiger charge is 2.26. The maximum atomic E-state index is 5.62. The van der Waals surface area contributed by atoms with Gasteiger partial charge in [0.05, 0.1) is 30.9 Å². The fraction of sp³-hybridized carbons (Fsp3) is 0.500. The molecular weight excluding hydrogens is 358 g/mol. The molecule has 0 amide bonds. The number of benzene rings is 1. The monoisotopic (exact) mass is 387 g/mol. The Morgan fingerprint density at radius 3 is 2.74 bits per heavy atom. The minimum atomic E-state index is 0.257. The highest BCUT2D eigenvalue weighted by molar-refractivity contribution is 7.09. The molecule has 0 bridgehead atoms. The number of guanidine groups is 1. The molecule has 27 heavy (non-hydrogen) atoms. The Balaban J connectivity index is 1.67. The van der Waals surface area contributed by atoms with Crippen LogP contribution in [0.4, 0.5) is 0 Å². The van der Waals surface area contributed by atoms with Crippen LogP contribution < -0.4 is 15.4 Å². The minimum absolute atomic E-state index is 0.257. The Labute approximate surface area is 165 Å². The van der Waals surface area contributed by atoms with Crippen molar-refractivity contribution < 1.29 is 4.74 Å². The van der Waals surface area contributed by atoms with Gasteiger partial charge in [-0.05, 0) is 38.9 Å². The van der Waals surface area contributed by atoms with Gasteiger partial charge in [-0.2, -0.15) is 0 Å². The SMILES string of the molecule is CN=C(NCc1scnc1C)NCC(c1ccccc1OC)N1CCCC1. The van der Waals surface area contributed by atoms with Gasteiger partial charge in [0.2, 0.25) is 0 Å². The summed E-state index contributed by atoms with van der Waals surface area (Å²) in [5.41, 5.74) is 4.18. The van der Waals surface area contributed by atoms with Crippen molar-refractivity contribution in [2.24, 2.45) is 4.99 Å². The molecule has 3 rings (SSSR count). The Hall–Kier alpha value is -2.12. The van der Waals surface area contributed by atoms with Crippen LogP contribution in [-0.2, 0) is 6.54 Å².